The van der Waals surface area contributed by atoms with Gasteiger partial charge in [0.15, 0.2) is 5.82 Å². The molecule has 0 atom stereocenters. The van der Waals surface area contributed by atoms with Crippen LogP contribution in [0.2, 0.25) is 0 Å². The summed E-state index contributed by atoms with van der Waals surface area (Å²) in [5.74, 6) is 2.08. The van der Waals surface area contributed by atoms with Crippen LogP contribution in [0.25, 0.3) is 0 Å². The molecule has 1 fully saturated rings. The number of morpholine rings is 1. The second-order valence-electron chi connectivity index (χ2n) is 7.63. The molecule has 1 aromatic carbocycles. The van der Waals surface area contributed by atoms with Crippen LogP contribution in [0.4, 0.5) is 11.5 Å². The molecule has 0 aliphatic carbocycles. The maximum absolute atomic E-state index is 9.40. The van der Waals surface area contributed by atoms with Crippen LogP contribution >= 0.6 is 0 Å². The molecule has 0 bridgehead atoms. The van der Waals surface area contributed by atoms with E-state index in [9.17, 15) is 5.11 Å². The number of ether oxygens (including phenoxy) is 2. The number of phenolic OH excluding ortho intramolecular Hbond substituents is 1. The fraction of sp³-hybridized carbons (Fsp3) is 0.522. The summed E-state index contributed by atoms with van der Waals surface area (Å²) in [7, 11) is 0. The lowest BCUT2D eigenvalue weighted by Gasteiger charge is -2.26. The Hall–Kier alpha value is -2.91. The highest BCUT2D eigenvalue weighted by molar-refractivity contribution is 5.76. The number of hydrazone groups is 1. The van der Waals surface area contributed by atoms with Crippen LogP contribution < -0.4 is 15.1 Å². The number of hydrogen-bond donors (Lipinski definition) is 2. The van der Waals surface area contributed by atoms with Crippen LogP contribution in [0.1, 0.15) is 32.5 Å². The average Bonchev–Trinajstić information content (AvgIpc) is 2.81. The van der Waals surface area contributed by atoms with Crippen molar-refractivity contribution in [2.45, 2.75) is 26.7 Å². The minimum atomic E-state index is 0.210. The van der Waals surface area contributed by atoms with Crippen molar-refractivity contribution in [3.63, 3.8) is 0 Å². The predicted molar refractivity (Wildman–Crippen MR) is 127 cm³/mol. The van der Waals surface area contributed by atoms with Gasteiger partial charge in [0, 0.05) is 38.8 Å². The third-order valence-electron chi connectivity index (χ3n) is 5.02. The first-order valence-electron chi connectivity index (χ1n) is 11.3. The minimum absolute atomic E-state index is 0.210. The van der Waals surface area contributed by atoms with Crippen molar-refractivity contribution >= 4 is 17.7 Å². The second kappa shape index (κ2) is 12.8. The molecule has 1 aromatic heterocycles. The maximum atomic E-state index is 9.40. The molecule has 0 spiro atoms. The van der Waals surface area contributed by atoms with E-state index in [0.717, 1.165) is 70.3 Å². The van der Waals surface area contributed by atoms with E-state index in [4.69, 9.17) is 14.5 Å². The smallest absolute Gasteiger partial charge is 0.219 e. The SMILES string of the molecule is CCCN(CCC)c1cc(OCCN2CCOCC2)nc(/C=N/Nc2ccc(O)cc2)n1. The van der Waals surface area contributed by atoms with Gasteiger partial charge in [-0.15, -0.1) is 0 Å². The summed E-state index contributed by atoms with van der Waals surface area (Å²) >= 11 is 0. The summed E-state index contributed by atoms with van der Waals surface area (Å²) in [5, 5.41) is 13.7. The summed E-state index contributed by atoms with van der Waals surface area (Å²) in [4.78, 5) is 13.8. The zero-order valence-corrected chi connectivity index (χ0v) is 19.0. The van der Waals surface area contributed by atoms with Gasteiger partial charge >= 0.3 is 0 Å². The second-order valence-corrected chi connectivity index (χ2v) is 7.63. The summed E-state index contributed by atoms with van der Waals surface area (Å²) < 4.78 is 11.4. The summed E-state index contributed by atoms with van der Waals surface area (Å²) in [6, 6.07) is 8.60. The van der Waals surface area contributed by atoms with Gasteiger partial charge in [-0.2, -0.15) is 10.1 Å². The van der Waals surface area contributed by atoms with E-state index < -0.39 is 0 Å². The number of benzene rings is 1. The summed E-state index contributed by atoms with van der Waals surface area (Å²) in [6.45, 7) is 11.0. The average molecular weight is 443 g/mol. The Morgan fingerprint density at radius 1 is 1.16 bits per heavy atom. The molecular formula is C23H34N6O3. The Labute approximate surface area is 190 Å². The van der Waals surface area contributed by atoms with Gasteiger partial charge in [-0.1, -0.05) is 13.8 Å². The van der Waals surface area contributed by atoms with E-state index in [-0.39, 0.29) is 5.75 Å². The third kappa shape index (κ3) is 7.65. The molecule has 1 aliphatic heterocycles. The van der Waals surface area contributed by atoms with Gasteiger partial charge in [-0.25, -0.2) is 4.98 Å². The van der Waals surface area contributed by atoms with Crippen molar-refractivity contribution in [2.24, 2.45) is 5.10 Å². The number of nitrogens with zero attached hydrogens (tertiary/aromatic N) is 5. The normalized spacial score (nSPS) is 14.6. The first kappa shape index (κ1) is 23.7. The molecule has 1 aliphatic rings. The lowest BCUT2D eigenvalue weighted by molar-refractivity contribution is 0.0320. The molecule has 2 aromatic rings. The van der Waals surface area contributed by atoms with E-state index in [1.807, 2.05) is 6.07 Å². The number of nitrogens with one attached hydrogen (secondary N) is 1. The molecule has 9 nitrogen and oxygen atoms in total. The zero-order chi connectivity index (χ0) is 22.6. The minimum Gasteiger partial charge on any atom is -0.508 e. The molecule has 32 heavy (non-hydrogen) atoms. The van der Waals surface area contributed by atoms with Crippen LogP contribution in [-0.4, -0.2) is 78.7 Å². The predicted octanol–water partition coefficient (Wildman–Crippen LogP) is 2.97. The molecule has 2 N–H and O–H groups in total. The van der Waals surface area contributed by atoms with Crippen LogP contribution in [0.3, 0.4) is 0 Å². The Kier molecular flexibility index (Phi) is 9.52. The van der Waals surface area contributed by atoms with Gasteiger partial charge in [0.2, 0.25) is 5.88 Å². The molecule has 174 valence electrons. The van der Waals surface area contributed by atoms with E-state index >= 15 is 0 Å². The lowest BCUT2D eigenvalue weighted by atomic mass is 10.3. The molecule has 3 rings (SSSR count). The standard InChI is InChI=1S/C23H34N6O3/c1-3-9-29(10-4-2)22-17-23(32-16-13-28-11-14-31-15-12-28)26-21(25-22)18-24-27-19-5-7-20(30)8-6-19/h5-8,17-18,27,30H,3-4,9-16H2,1-2H3/b24-18+. The summed E-state index contributed by atoms with van der Waals surface area (Å²) in [5.41, 5.74) is 3.69. The Balaban J connectivity index is 1.70. The van der Waals surface area contributed by atoms with Crippen LogP contribution in [0.15, 0.2) is 35.4 Å². The summed E-state index contributed by atoms with van der Waals surface area (Å²) in [6.07, 6.45) is 3.65. The highest BCUT2D eigenvalue weighted by atomic mass is 16.5. The van der Waals surface area contributed by atoms with Crippen LogP contribution in [0, 0.1) is 0 Å². The lowest BCUT2D eigenvalue weighted by Crippen LogP contribution is -2.38. The van der Waals surface area contributed by atoms with Crippen molar-refractivity contribution in [3.8, 4) is 11.6 Å². The molecule has 0 amide bonds. The molecule has 9 heteroatoms. The molecular weight excluding hydrogens is 408 g/mol. The zero-order valence-electron chi connectivity index (χ0n) is 19.0. The highest BCUT2D eigenvalue weighted by Gasteiger charge is 2.13. The van der Waals surface area contributed by atoms with Gasteiger partial charge in [0.05, 0.1) is 25.1 Å². The van der Waals surface area contributed by atoms with E-state index in [1.54, 1.807) is 30.5 Å². The van der Waals surface area contributed by atoms with Crippen molar-refractivity contribution in [3.05, 3.63) is 36.2 Å². The largest absolute Gasteiger partial charge is 0.508 e. The van der Waals surface area contributed by atoms with Gasteiger partial charge in [-0.05, 0) is 37.1 Å². The fourth-order valence-electron chi connectivity index (χ4n) is 3.41. The molecule has 0 saturated carbocycles. The first-order chi connectivity index (χ1) is 15.7. The Morgan fingerprint density at radius 3 is 2.56 bits per heavy atom. The van der Waals surface area contributed by atoms with Gasteiger partial charge in [0.1, 0.15) is 18.2 Å². The van der Waals surface area contributed by atoms with Gasteiger partial charge in [-0.3, -0.25) is 10.3 Å². The van der Waals surface area contributed by atoms with Gasteiger partial charge < -0.3 is 19.5 Å². The number of aromatic nitrogens is 2. The number of aromatic hydroxyl groups is 1. The van der Waals surface area contributed by atoms with E-state index in [1.165, 1.54) is 0 Å². The maximum Gasteiger partial charge on any atom is 0.219 e. The monoisotopic (exact) mass is 442 g/mol. The van der Waals surface area contributed by atoms with Crippen molar-refractivity contribution in [1.29, 1.82) is 0 Å². The molecule has 0 unspecified atom stereocenters. The fourth-order valence-corrected chi connectivity index (χ4v) is 3.41. The van der Waals surface area contributed by atoms with Crippen LogP contribution in [-0.2, 0) is 4.74 Å². The number of phenols is 1. The molecule has 2 heterocycles. The Bertz CT molecular complexity index is 834. The third-order valence-corrected chi connectivity index (χ3v) is 5.02. The van der Waals surface area contributed by atoms with Gasteiger partial charge in [0.25, 0.3) is 0 Å². The first-order valence-corrected chi connectivity index (χ1v) is 11.3. The van der Waals surface area contributed by atoms with E-state index in [2.05, 4.69) is 39.2 Å². The molecule has 1 saturated heterocycles. The molecule has 0 radical (unpaired) electrons. The van der Waals surface area contributed by atoms with Crippen LogP contribution in [0.5, 0.6) is 11.6 Å². The van der Waals surface area contributed by atoms with Crippen molar-refractivity contribution in [1.82, 2.24) is 14.9 Å². The van der Waals surface area contributed by atoms with Crippen molar-refractivity contribution < 1.29 is 14.6 Å². The number of hydrogen-bond acceptors (Lipinski definition) is 9. The number of anilines is 2. The van der Waals surface area contributed by atoms with Crippen molar-refractivity contribution in [2.75, 3.05) is 62.9 Å². The van der Waals surface area contributed by atoms with E-state index in [0.29, 0.717) is 18.3 Å². The topological polar surface area (TPSA) is 95.3 Å². The number of rotatable bonds is 12. The Morgan fingerprint density at radius 2 is 1.88 bits per heavy atom. The highest BCUT2D eigenvalue weighted by Crippen LogP contribution is 2.19. The quantitative estimate of drug-likeness (QED) is 0.294.